The van der Waals surface area contributed by atoms with Gasteiger partial charge in [-0.25, -0.2) is 4.98 Å². The van der Waals surface area contributed by atoms with Crippen LogP contribution in [-0.4, -0.2) is 41.3 Å². The minimum absolute atomic E-state index is 0.0644. The number of hydrogen-bond acceptors (Lipinski definition) is 3. The van der Waals surface area contributed by atoms with E-state index in [1.54, 1.807) is 12.5 Å². The minimum Gasteiger partial charge on any atom is -0.348 e. The summed E-state index contributed by atoms with van der Waals surface area (Å²) in [6.45, 7) is 0. The smallest absolute Gasteiger partial charge is 0.137 e. The van der Waals surface area contributed by atoms with Crippen molar-refractivity contribution in [3.63, 3.8) is 0 Å². The first-order valence-electron chi connectivity index (χ1n) is 3.83. The maximum absolute atomic E-state index is 10.6. The molecule has 0 bridgehead atoms. The molecule has 1 atom stereocenters. The van der Waals surface area contributed by atoms with E-state index in [9.17, 15) is 4.79 Å². The zero-order chi connectivity index (χ0) is 8.97. The lowest BCUT2D eigenvalue weighted by Gasteiger charge is -2.16. The number of nitrogens with zero attached hydrogens (tertiary/aromatic N) is 2. The summed E-state index contributed by atoms with van der Waals surface area (Å²) in [4.78, 5) is 19.3. The van der Waals surface area contributed by atoms with Gasteiger partial charge in [-0.05, 0) is 14.1 Å². The third-order valence-corrected chi connectivity index (χ3v) is 1.80. The van der Waals surface area contributed by atoms with Crippen molar-refractivity contribution in [2.75, 3.05) is 14.1 Å². The molecule has 0 fully saturated rings. The van der Waals surface area contributed by atoms with Crippen LogP contribution in [0.1, 0.15) is 5.69 Å². The highest BCUT2D eigenvalue weighted by Gasteiger charge is 2.10. The number of aromatic amines is 1. The molecule has 1 aromatic heterocycles. The van der Waals surface area contributed by atoms with E-state index in [1.807, 2.05) is 19.0 Å². The van der Waals surface area contributed by atoms with E-state index >= 15 is 0 Å². The van der Waals surface area contributed by atoms with Crippen molar-refractivity contribution in [3.05, 3.63) is 18.2 Å². The molecule has 0 amide bonds. The SMILES string of the molecule is CN(C)[C@H](C=O)Cc1cnc[nH]1. The fourth-order valence-electron chi connectivity index (χ4n) is 0.974. The summed E-state index contributed by atoms with van der Waals surface area (Å²) in [5, 5.41) is 0. The summed E-state index contributed by atoms with van der Waals surface area (Å²) >= 11 is 0. The molecule has 0 aliphatic heterocycles. The Morgan fingerprint density at radius 1 is 1.75 bits per heavy atom. The molecule has 0 radical (unpaired) electrons. The Balaban J connectivity index is 2.54. The fourth-order valence-corrected chi connectivity index (χ4v) is 0.974. The Kier molecular flexibility index (Phi) is 2.99. The van der Waals surface area contributed by atoms with Crippen molar-refractivity contribution in [1.29, 1.82) is 0 Å². The van der Waals surface area contributed by atoms with Gasteiger partial charge in [0.25, 0.3) is 0 Å². The Morgan fingerprint density at radius 3 is 2.92 bits per heavy atom. The number of aldehydes is 1. The molecule has 12 heavy (non-hydrogen) atoms. The van der Waals surface area contributed by atoms with Gasteiger partial charge in [0.05, 0.1) is 12.4 Å². The van der Waals surface area contributed by atoms with Crippen LogP contribution in [0.3, 0.4) is 0 Å². The quantitative estimate of drug-likeness (QED) is 0.646. The average Bonchev–Trinajstić information content (AvgIpc) is 2.51. The monoisotopic (exact) mass is 167 g/mol. The third-order valence-electron chi connectivity index (χ3n) is 1.80. The van der Waals surface area contributed by atoms with E-state index in [0.29, 0.717) is 6.42 Å². The normalized spacial score (nSPS) is 13.2. The van der Waals surface area contributed by atoms with Crippen LogP contribution in [0.15, 0.2) is 12.5 Å². The van der Waals surface area contributed by atoms with E-state index in [1.165, 1.54) is 0 Å². The molecule has 0 spiro atoms. The van der Waals surface area contributed by atoms with Gasteiger partial charge in [-0.1, -0.05) is 0 Å². The Bertz CT molecular complexity index is 230. The largest absolute Gasteiger partial charge is 0.348 e. The summed E-state index contributed by atoms with van der Waals surface area (Å²) < 4.78 is 0. The molecular formula is C8H13N3O. The molecule has 0 aliphatic carbocycles. The van der Waals surface area contributed by atoms with Gasteiger partial charge in [0.2, 0.25) is 0 Å². The lowest BCUT2D eigenvalue weighted by molar-refractivity contribution is -0.111. The van der Waals surface area contributed by atoms with E-state index in [4.69, 9.17) is 0 Å². The topological polar surface area (TPSA) is 49.0 Å². The van der Waals surface area contributed by atoms with Gasteiger partial charge < -0.3 is 9.78 Å². The molecule has 66 valence electrons. The first-order valence-corrected chi connectivity index (χ1v) is 3.83. The molecule has 4 heteroatoms. The molecule has 0 aliphatic rings. The van der Waals surface area contributed by atoms with Gasteiger partial charge in [-0.3, -0.25) is 4.90 Å². The number of likely N-dealkylation sites (N-methyl/N-ethyl adjacent to an activating group) is 1. The Hall–Kier alpha value is -1.16. The Morgan fingerprint density at radius 2 is 2.50 bits per heavy atom. The standard InChI is InChI=1S/C8H13N3O/c1-11(2)8(5-12)3-7-4-9-6-10-7/h4-6,8H,3H2,1-2H3,(H,9,10)/t8-/m0/s1. The highest BCUT2D eigenvalue weighted by atomic mass is 16.1. The van der Waals surface area contributed by atoms with Crippen molar-refractivity contribution < 1.29 is 4.79 Å². The Labute approximate surface area is 71.6 Å². The fraction of sp³-hybridized carbons (Fsp3) is 0.500. The van der Waals surface area contributed by atoms with Crippen molar-refractivity contribution in [2.24, 2.45) is 0 Å². The molecule has 1 N–H and O–H groups in total. The molecule has 1 rings (SSSR count). The molecule has 0 saturated carbocycles. The average molecular weight is 167 g/mol. The van der Waals surface area contributed by atoms with Crippen LogP contribution in [0.25, 0.3) is 0 Å². The number of imidazole rings is 1. The summed E-state index contributed by atoms with van der Waals surface area (Å²) in [7, 11) is 3.77. The summed E-state index contributed by atoms with van der Waals surface area (Å²) in [6.07, 6.45) is 4.99. The van der Waals surface area contributed by atoms with Gasteiger partial charge in [0.15, 0.2) is 0 Å². The van der Waals surface area contributed by atoms with Gasteiger partial charge in [0.1, 0.15) is 6.29 Å². The number of nitrogens with one attached hydrogen (secondary N) is 1. The van der Waals surface area contributed by atoms with E-state index in [0.717, 1.165) is 12.0 Å². The lowest BCUT2D eigenvalue weighted by Crippen LogP contribution is -2.31. The van der Waals surface area contributed by atoms with Crippen molar-refractivity contribution in [3.8, 4) is 0 Å². The number of carbonyl (C=O) groups is 1. The highest BCUT2D eigenvalue weighted by molar-refractivity contribution is 5.58. The summed E-state index contributed by atoms with van der Waals surface area (Å²) in [5.74, 6) is 0. The molecule has 0 unspecified atom stereocenters. The van der Waals surface area contributed by atoms with Gasteiger partial charge in [-0.15, -0.1) is 0 Å². The molecule has 4 nitrogen and oxygen atoms in total. The van der Waals surface area contributed by atoms with Crippen LogP contribution in [0, 0.1) is 0 Å². The van der Waals surface area contributed by atoms with Crippen molar-refractivity contribution >= 4 is 6.29 Å². The zero-order valence-electron chi connectivity index (χ0n) is 7.32. The first kappa shape index (κ1) is 8.93. The predicted molar refractivity (Wildman–Crippen MR) is 45.8 cm³/mol. The van der Waals surface area contributed by atoms with Crippen LogP contribution < -0.4 is 0 Å². The lowest BCUT2D eigenvalue weighted by atomic mass is 10.2. The second-order valence-corrected chi connectivity index (χ2v) is 2.95. The van der Waals surface area contributed by atoms with E-state index < -0.39 is 0 Å². The molecule has 0 aromatic carbocycles. The molecule has 0 saturated heterocycles. The second kappa shape index (κ2) is 4.01. The number of aromatic nitrogens is 2. The van der Waals surface area contributed by atoms with E-state index in [2.05, 4.69) is 9.97 Å². The number of hydrogen-bond donors (Lipinski definition) is 1. The number of H-pyrrole nitrogens is 1. The van der Waals surface area contributed by atoms with Crippen molar-refractivity contribution in [1.82, 2.24) is 14.9 Å². The molecule has 1 heterocycles. The minimum atomic E-state index is -0.0644. The van der Waals surface area contributed by atoms with Crippen LogP contribution in [0.2, 0.25) is 0 Å². The highest BCUT2D eigenvalue weighted by Crippen LogP contribution is 2.00. The summed E-state index contributed by atoms with van der Waals surface area (Å²) in [5.41, 5.74) is 0.987. The van der Waals surface area contributed by atoms with Gasteiger partial charge >= 0.3 is 0 Å². The molecule has 1 aromatic rings. The van der Waals surface area contributed by atoms with Crippen LogP contribution in [0.4, 0.5) is 0 Å². The van der Waals surface area contributed by atoms with Gasteiger partial charge in [0, 0.05) is 18.3 Å². The third kappa shape index (κ3) is 2.17. The van der Waals surface area contributed by atoms with E-state index in [-0.39, 0.29) is 6.04 Å². The summed E-state index contributed by atoms with van der Waals surface area (Å²) in [6, 6.07) is -0.0644. The van der Waals surface area contributed by atoms with Crippen LogP contribution in [-0.2, 0) is 11.2 Å². The second-order valence-electron chi connectivity index (χ2n) is 2.95. The molecular weight excluding hydrogens is 154 g/mol. The van der Waals surface area contributed by atoms with Crippen LogP contribution in [0.5, 0.6) is 0 Å². The maximum atomic E-state index is 10.6. The predicted octanol–water partition coefficient (Wildman–Crippen LogP) is 0.0813. The van der Waals surface area contributed by atoms with Crippen LogP contribution >= 0.6 is 0 Å². The zero-order valence-corrected chi connectivity index (χ0v) is 7.32. The maximum Gasteiger partial charge on any atom is 0.137 e. The first-order chi connectivity index (χ1) is 5.74. The van der Waals surface area contributed by atoms with Gasteiger partial charge in [-0.2, -0.15) is 0 Å². The number of carbonyl (C=O) groups excluding carboxylic acids is 1. The van der Waals surface area contributed by atoms with Crippen molar-refractivity contribution in [2.45, 2.75) is 12.5 Å². The number of rotatable bonds is 4.